The number of aromatic nitrogens is 1. The van der Waals surface area contributed by atoms with Crippen LogP contribution in [-0.2, 0) is 0 Å². The van der Waals surface area contributed by atoms with Crippen molar-refractivity contribution in [3.05, 3.63) is 46.8 Å². The summed E-state index contributed by atoms with van der Waals surface area (Å²) in [6.07, 6.45) is 2.98. The Morgan fingerprint density at radius 3 is 2.47 bits per heavy atom. The first-order valence-electron chi connectivity index (χ1n) is 4.83. The lowest BCUT2D eigenvalue weighted by Crippen LogP contribution is -1.97. The van der Waals surface area contributed by atoms with Crippen LogP contribution in [0.3, 0.4) is 0 Å². The van der Waals surface area contributed by atoms with E-state index in [1.165, 1.54) is 29.7 Å². The van der Waals surface area contributed by atoms with Crippen LogP contribution in [0.4, 0.5) is 5.69 Å². The molecule has 0 fully saturated rings. The van der Waals surface area contributed by atoms with E-state index in [2.05, 4.69) is 4.98 Å². The second kappa shape index (κ2) is 4.05. The molecule has 0 saturated carbocycles. The summed E-state index contributed by atoms with van der Waals surface area (Å²) in [6, 6.07) is 7.88. The molecule has 1 aromatic heterocycles. The van der Waals surface area contributed by atoms with E-state index < -0.39 is 0 Å². The van der Waals surface area contributed by atoms with Crippen molar-refractivity contribution in [2.45, 2.75) is 19.6 Å². The first-order valence-corrected chi connectivity index (χ1v) is 6.46. The Balaban J connectivity index is 2.15. The highest BCUT2D eigenvalue weighted by Gasteiger charge is 2.25. The van der Waals surface area contributed by atoms with Gasteiger partial charge in [-0.05, 0) is 12.1 Å². The van der Waals surface area contributed by atoms with Crippen molar-refractivity contribution in [2.24, 2.45) is 0 Å². The summed E-state index contributed by atoms with van der Waals surface area (Å²) in [6.45, 7) is 0. The number of fused-ring (bicyclic) bond motifs is 2. The average Bonchev–Trinajstić information content (AvgIpc) is 2.35. The molecule has 0 radical (unpaired) electrons. The van der Waals surface area contributed by atoms with E-state index >= 15 is 0 Å². The normalized spacial score (nSPS) is 12.7. The zero-order chi connectivity index (χ0) is 11.8. The molecule has 4 nitrogen and oxygen atoms in total. The molecule has 0 bridgehead atoms. The molecule has 2 heterocycles. The summed E-state index contributed by atoms with van der Waals surface area (Å²) < 4.78 is 0. The summed E-state index contributed by atoms with van der Waals surface area (Å²) in [4.78, 5) is 18.2. The highest BCUT2D eigenvalue weighted by atomic mass is 32.2. The van der Waals surface area contributed by atoms with E-state index in [9.17, 15) is 10.1 Å². The maximum Gasteiger partial charge on any atom is 0.302 e. The third-order valence-corrected chi connectivity index (χ3v) is 4.90. The fourth-order valence-corrected chi connectivity index (χ4v) is 3.85. The molecule has 6 heteroatoms. The van der Waals surface area contributed by atoms with Crippen LogP contribution in [-0.4, -0.2) is 9.91 Å². The molecule has 3 rings (SSSR count). The summed E-state index contributed by atoms with van der Waals surface area (Å²) in [5, 5.41) is 10.9. The SMILES string of the molecule is O=[N+]([O-])c1cncc2c1Sc1ccccc1S2. The van der Waals surface area contributed by atoms with Gasteiger partial charge in [-0.25, -0.2) is 0 Å². The van der Waals surface area contributed by atoms with Crippen LogP contribution in [0.15, 0.2) is 56.2 Å². The molecule has 1 aliphatic rings. The number of benzene rings is 1. The Hall–Kier alpha value is -1.53. The number of hydrogen-bond donors (Lipinski definition) is 0. The van der Waals surface area contributed by atoms with Crippen LogP contribution >= 0.6 is 23.5 Å². The van der Waals surface area contributed by atoms with Gasteiger partial charge in [-0.1, -0.05) is 35.7 Å². The largest absolute Gasteiger partial charge is 0.302 e. The molecule has 84 valence electrons. The Morgan fingerprint density at radius 2 is 1.76 bits per heavy atom. The topological polar surface area (TPSA) is 56.0 Å². The predicted molar refractivity (Wildman–Crippen MR) is 65.6 cm³/mol. The van der Waals surface area contributed by atoms with Crippen molar-refractivity contribution in [3.63, 3.8) is 0 Å². The van der Waals surface area contributed by atoms with Crippen molar-refractivity contribution < 1.29 is 4.92 Å². The zero-order valence-electron chi connectivity index (χ0n) is 8.49. The summed E-state index contributed by atoms with van der Waals surface area (Å²) in [7, 11) is 0. The van der Waals surface area contributed by atoms with Gasteiger partial charge >= 0.3 is 5.69 Å². The highest BCUT2D eigenvalue weighted by Crippen LogP contribution is 2.50. The summed E-state index contributed by atoms with van der Waals surface area (Å²) >= 11 is 2.96. The fourth-order valence-electron chi connectivity index (χ4n) is 1.57. The first-order chi connectivity index (χ1) is 8.25. The molecular formula is C11H6N2O2S2. The van der Waals surface area contributed by atoms with E-state index in [4.69, 9.17) is 0 Å². The van der Waals surface area contributed by atoms with Crippen molar-refractivity contribution in [1.82, 2.24) is 4.98 Å². The second-order valence-corrected chi connectivity index (χ2v) is 5.53. The lowest BCUT2D eigenvalue weighted by molar-refractivity contribution is -0.388. The van der Waals surface area contributed by atoms with Crippen LogP contribution < -0.4 is 0 Å². The monoisotopic (exact) mass is 262 g/mol. The van der Waals surface area contributed by atoms with Gasteiger partial charge in [0, 0.05) is 16.0 Å². The number of nitro groups is 1. The molecule has 17 heavy (non-hydrogen) atoms. The Kier molecular flexibility index (Phi) is 2.53. The first kappa shape index (κ1) is 10.6. The zero-order valence-corrected chi connectivity index (χ0v) is 10.1. The van der Waals surface area contributed by atoms with Crippen LogP contribution in [0.5, 0.6) is 0 Å². The van der Waals surface area contributed by atoms with Gasteiger partial charge in [0.1, 0.15) is 11.1 Å². The van der Waals surface area contributed by atoms with Crippen LogP contribution in [0.25, 0.3) is 0 Å². The van der Waals surface area contributed by atoms with Crippen molar-refractivity contribution in [1.29, 1.82) is 0 Å². The van der Waals surface area contributed by atoms with Crippen LogP contribution in [0.1, 0.15) is 0 Å². The molecule has 0 unspecified atom stereocenters. The van der Waals surface area contributed by atoms with Gasteiger partial charge in [-0.2, -0.15) is 0 Å². The minimum atomic E-state index is -0.382. The molecule has 0 atom stereocenters. The lowest BCUT2D eigenvalue weighted by Gasteiger charge is -2.16. The van der Waals surface area contributed by atoms with Crippen LogP contribution in [0, 0.1) is 10.1 Å². The van der Waals surface area contributed by atoms with Crippen molar-refractivity contribution >= 4 is 29.2 Å². The van der Waals surface area contributed by atoms with Crippen molar-refractivity contribution in [3.8, 4) is 0 Å². The average molecular weight is 262 g/mol. The third-order valence-electron chi connectivity index (χ3n) is 2.32. The molecule has 0 amide bonds. The van der Waals surface area contributed by atoms with Crippen LogP contribution in [0.2, 0.25) is 0 Å². The van der Waals surface area contributed by atoms with Crippen molar-refractivity contribution in [2.75, 3.05) is 0 Å². The smallest absolute Gasteiger partial charge is 0.258 e. The Morgan fingerprint density at radius 1 is 1.06 bits per heavy atom. The van der Waals surface area contributed by atoms with E-state index in [0.29, 0.717) is 4.90 Å². The number of hydrogen-bond acceptors (Lipinski definition) is 5. The molecule has 1 aromatic carbocycles. The molecule has 0 saturated heterocycles. The maximum atomic E-state index is 10.9. The van der Waals surface area contributed by atoms with E-state index in [0.717, 1.165) is 14.7 Å². The fraction of sp³-hybridized carbons (Fsp3) is 0. The summed E-state index contributed by atoms with van der Waals surface area (Å²) in [5.41, 5.74) is 0.0782. The minimum absolute atomic E-state index is 0.0782. The molecule has 1 aliphatic heterocycles. The lowest BCUT2D eigenvalue weighted by atomic mass is 10.4. The molecule has 0 aliphatic carbocycles. The predicted octanol–water partition coefficient (Wildman–Crippen LogP) is 3.61. The third kappa shape index (κ3) is 1.79. The van der Waals surface area contributed by atoms with Gasteiger partial charge in [-0.15, -0.1) is 0 Å². The van der Waals surface area contributed by atoms with Gasteiger partial charge in [-0.3, -0.25) is 15.1 Å². The van der Waals surface area contributed by atoms with E-state index in [1.807, 2.05) is 24.3 Å². The van der Waals surface area contributed by atoms with E-state index in [-0.39, 0.29) is 10.6 Å². The molecule has 2 aromatic rings. The summed E-state index contributed by atoms with van der Waals surface area (Å²) in [5.74, 6) is 0. The standard InChI is InChI=1S/C11H6N2O2S2/c14-13(15)7-5-12-6-10-11(7)17-9-4-2-1-3-8(9)16-10/h1-6H. The second-order valence-electron chi connectivity index (χ2n) is 3.39. The maximum absolute atomic E-state index is 10.9. The quantitative estimate of drug-likeness (QED) is 0.495. The number of rotatable bonds is 1. The van der Waals surface area contributed by atoms with Gasteiger partial charge < -0.3 is 0 Å². The minimum Gasteiger partial charge on any atom is -0.258 e. The van der Waals surface area contributed by atoms with Gasteiger partial charge in [0.05, 0.1) is 9.82 Å². The molecular weight excluding hydrogens is 256 g/mol. The van der Waals surface area contributed by atoms with Gasteiger partial charge in [0.2, 0.25) is 0 Å². The van der Waals surface area contributed by atoms with Gasteiger partial charge in [0.25, 0.3) is 0 Å². The van der Waals surface area contributed by atoms with E-state index in [1.54, 1.807) is 6.20 Å². The Bertz CT molecular complexity index is 616. The number of pyridine rings is 1. The number of nitrogens with zero attached hydrogens (tertiary/aromatic N) is 2. The highest BCUT2D eigenvalue weighted by molar-refractivity contribution is 8.05. The molecule has 0 spiro atoms. The Labute approximate surface area is 106 Å². The van der Waals surface area contributed by atoms with Gasteiger partial charge in [0.15, 0.2) is 0 Å². The molecule has 0 N–H and O–H groups in total.